The van der Waals surface area contributed by atoms with Crippen molar-refractivity contribution in [2.75, 3.05) is 0 Å². The van der Waals surface area contributed by atoms with Gasteiger partial charge in [0.1, 0.15) is 11.4 Å². The number of hydrogen-bond donors (Lipinski definition) is 0. The summed E-state index contributed by atoms with van der Waals surface area (Å²) in [6.07, 6.45) is -0.402. The first-order valence-electron chi connectivity index (χ1n) is 4.35. The van der Waals surface area contributed by atoms with Gasteiger partial charge in [-0.05, 0) is 22.0 Å². The predicted molar refractivity (Wildman–Crippen MR) is 55.8 cm³/mol. The summed E-state index contributed by atoms with van der Waals surface area (Å²) in [6.45, 7) is 0. The first kappa shape index (κ1) is 11.9. The van der Waals surface area contributed by atoms with Crippen LogP contribution in [0.25, 0.3) is 11.4 Å². The second-order valence-electron chi connectivity index (χ2n) is 3.00. The molecule has 0 unspecified atom stereocenters. The van der Waals surface area contributed by atoms with Crippen LogP contribution in [0, 0.1) is 0 Å². The van der Waals surface area contributed by atoms with Gasteiger partial charge in [0, 0.05) is 12.4 Å². The Labute approximate surface area is 102 Å². The molecular formula is C9H4BrF3N4. The molecule has 0 saturated carbocycles. The molecule has 0 aliphatic rings. The molecule has 2 heterocycles. The maximum Gasteiger partial charge on any atom is 0.433 e. The highest BCUT2D eigenvalue weighted by Gasteiger charge is 2.33. The van der Waals surface area contributed by atoms with Gasteiger partial charge >= 0.3 is 6.18 Å². The van der Waals surface area contributed by atoms with Gasteiger partial charge in [0.15, 0.2) is 4.73 Å². The predicted octanol–water partition coefficient (Wildman–Crippen LogP) is 2.71. The van der Waals surface area contributed by atoms with Crippen LogP contribution in [0.5, 0.6) is 0 Å². The maximum absolute atomic E-state index is 12.5. The fourth-order valence-electron chi connectivity index (χ4n) is 1.13. The van der Waals surface area contributed by atoms with Gasteiger partial charge in [0.2, 0.25) is 0 Å². The number of nitrogens with zero attached hydrogens (tertiary/aromatic N) is 4. The van der Waals surface area contributed by atoms with Crippen molar-refractivity contribution in [3.63, 3.8) is 0 Å². The number of halogens is 4. The monoisotopic (exact) mass is 304 g/mol. The summed E-state index contributed by atoms with van der Waals surface area (Å²) in [5.74, 6) is 0. The van der Waals surface area contributed by atoms with E-state index in [4.69, 9.17) is 0 Å². The third-order valence-corrected chi connectivity index (χ3v) is 2.17. The molecule has 0 aromatic carbocycles. The Morgan fingerprint density at radius 3 is 2.41 bits per heavy atom. The Balaban J connectivity index is 2.54. The molecule has 2 aromatic rings. The molecule has 0 saturated heterocycles. The van der Waals surface area contributed by atoms with E-state index in [2.05, 4.69) is 35.9 Å². The van der Waals surface area contributed by atoms with Crippen LogP contribution in [0.3, 0.4) is 0 Å². The zero-order valence-electron chi connectivity index (χ0n) is 8.11. The number of rotatable bonds is 1. The van der Waals surface area contributed by atoms with Gasteiger partial charge in [-0.1, -0.05) is 0 Å². The van der Waals surface area contributed by atoms with Crippen LogP contribution >= 0.6 is 15.9 Å². The van der Waals surface area contributed by atoms with Gasteiger partial charge in [-0.25, -0.2) is 9.97 Å². The molecule has 0 aliphatic heterocycles. The fourth-order valence-corrected chi connectivity index (χ4v) is 1.51. The van der Waals surface area contributed by atoms with Gasteiger partial charge in [0.05, 0.1) is 11.9 Å². The summed E-state index contributed by atoms with van der Waals surface area (Å²) >= 11 is 2.83. The summed E-state index contributed by atoms with van der Waals surface area (Å²) in [5, 5.41) is 0. The smallest absolute Gasteiger partial charge is 0.261 e. The highest BCUT2D eigenvalue weighted by atomic mass is 79.9. The summed E-state index contributed by atoms with van der Waals surface area (Å²) < 4.78 is 37.4. The van der Waals surface area contributed by atoms with Crippen molar-refractivity contribution in [1.29, 1.82) is 0 Å². The lowest BCUT2D eigenvalue weighted by atomic mass is 10.2. The lowest BCUT2D eigenvalue weighted by Crippen LogP contribution is -2.09. The van der Waals surface area contributed by atoms with Crippen LogP contribution in [0.4, 0.5) is 13.2 Å². The minimum absolute atomic E-state index is 0.0623. The van der Waals surface area contributed by atoms with Crippen molar-refractivity contribution >= 4 is 15.9 Å². The molecule has 0 N–H and O–H groups in total. The topological polar surface area (TPSA) is 51.6 Å². The quantitative estimate of drug-likeness (QED) is 0.760. The van der Waals surface area contributed by atoms with E-state index in [1.54, 1.807) is 0 Å². The van der Waals surface area contributed by atoms with Crippen molar-refractivity contribution in [3.8, 4) is 11.4 Å². The third-order valence-electron chi connectivity index (χ3n) is 1.81. The van der Waals surface area contributed by atoms with Crippen LogP contribution in [0.15, 0.2) is 29.4 Å². The standard InChI is InChI=1S/C9H4BrF3N4/c10-8-16-5(6-4-14-1-2-15-6)3-7(17-8)9(11,12)13/h1-4H. The normalized spacial score (nSPS) is 11.5. The average molecular weight is 305 g/mol. The van der Waals surface area contributed by atoms with Crippen molar-refractivity contribution in [1.82, 2.24) is 19.9 Å². The van der Waals surface area contributed by atoms with E-state index < -0.39 is 11.9 Å². The number of hydrogen-bond acceptors (Lipinski definition) is 4. The molecule has 0 atom stereocenters. The second kappa shape index (κ2) is 4.36. The summed E-state index contributed by atoms with van der Waals surface area (Å²) in [6, 6.07) is 0.828. The third kappa shape index (κ3) is 2.76. The first-order chi connectivity index (χ1) is 7.97. The van der Waals surface area contributed by atoms with Crippen molar-refractivity contribution in [2.24, 2.45) is 0 Å². The average Bonchev–Trinajstić information content (AvgIpc) is 2.28. The minimum Gasteiger partial charge on any atom is -0.261 e. The van der Waals surface area contributed by atoms with Crippen LogP contribution < -0.4 is 0 Å². The van der Waals surface area contributed by atoms with Crippen LogP contribution in [0.1, 0.15) is 5.69 Å². The van der Waals surface area contributed by atoms with E-state index in [0.29, 0.717) is 0 Å². The van der Waals surface area contributed by atoms with E-state index in [-0.39, 0.29) is 16.1 Å². The van der Waals surface area contributed by atoms with E-state index >= 15 is 0 Å². The van der Waals surface area contributed by atoms with Gasteiger partial charge in [0.25, 0.3) is 0 Å². The van der Waals surface area contributed by atoms with Crippen LogP contribution in [0.2, 0.25) is 0 Å². The number of aromatic nitrogens is 4. The molecule has 0 aliphatic carbocycles. The Morgan fingerprint density at radius 1 is 1.06 bits per heavy atom. The first-order valence-corrected chi connectivity index (χ1v) is 5.14. The summed E-state index contributed by atoms with van der Waals surface area (Å²) in [7, 11) is 0. The fraction of sp³-hybridized carbons (Fsp3) is 0.111. The molecule has 8 heteroatoms. The molecule has 2 rings (SSSR count). The van der Waals surface area contributed by atoms with Crippen molar-refractivity contribution in [3.05, 3.63) is 35.1 Å². The molecule has 88 valence electrons. The van der Waals surface area contributed by atoms with E-state index in [1.807, 2.05) is 0 Å². The lowest BCUT2D eigenvalue weighted by Gasteiger charge is -2.07. The molecule has 0 amide bonds. The van der Waals surface area contributed by atoms with Gasteiger partial charge < -0.3 is 0 Å². The molecule has 0 radical (unpaired) electrons. The highest BCUT2D eigenvalue weighted by Crippen LogP contribution is 2.30. The van der Waals surface area contributed by atoms with Crippen molar-refractivity contribution < 1.29 is 13.2 Å². The number of alkyl halides is 3. The Hall–Kier alpha value is -1.57. The summed E-state index contributed by atoms with van der Waals surface area (Å²) in [5.41, 5.74) is -0.714. The van der Waals surface area contributed by atoms with Crippen molar-refractivity contribution in [2.45, 2.75) is 6.18 Å². The van der Waals surface area contributed by atoms with E-state index in [0.717, 1.165) is 6.07 Å². The Kier molecular flexibility index (Phi) is 3.05. The zero-order valence-corrected chi connectivity index (χ0v) is 9.70. The lowest BCUT2D eigenvalue weighted by molar-refractivity contribution is -0.141. The molecule has 0 spiro atoms. The van der Waals surface area contributed by atoms with Crippen LogP contribution in [-0.4, -0.2) is 19.9 Å². The molecule has 2 aromatic heterocycles. The highest BCUT2D eigenvalue weighted by molar-refractivity contribution is 9.10. The SMILES string of the molecule is FC(F)(F)c1cc(-c2cnccn2)nc(Br)n1. The zero-order chi connectivity index (χ0) is 12.5. The molecule has 0 fully saturated rings. The Morgan fingerprint density at radius 2 is 1.82 bits per heavy atom. The molecular weight excluding hydrogens is 301 g/mol. The van der Waals surface area contributed by atoms with Gasteiger partial charge in [-0.15, -0.1) is 0 Å². The Bertz CT molecular complexity index is 530. The second-order valence-corrected chi connectivity index (χ2v) is 3.71. The van der Waals surface area contributed by atoms with Crippen LogP contribution in [-0.2, 0) is 6.18 Å². The summed E-state index contributed by atoms with van der Waals surface area (Å²) in [4.78, 5) is 14.7. The van der Waals surface area contributed by atoms with E-state index in [1.165, 1.54) is 18.6 Å². The van der Waals surface area contributed by atoms with E-state index in [9.17, 15) is 13.2 Å². The molecule has 4 nitrogen and oxygen atoms in total. The maximum atomic E-state index is 12.5. The minimum atomic E-state index is -4.53. The molecule has 0 bridgehead atoms. The molecule has 17 heavy (non-hydrogen) atoms. The van der Waals surface area contributed by atoms with Gasteiger partial charge in [-0.3, -0.25) is 9.97 Å². The van der Waals surface area contributed by atoms with Gasteiger partial charge in [-0.2, -0.15) is 13.2 Å². The largest absolute Gasteiger partial charge is 0.433 e.